The first-order chi connectivity index (χ1) is 8.45. The topological polar surface area (TPSA) is 62.5 Å². The molecule has 1 rings (SSSR count). The van der Waals surface area contributed by atoms with Crippen molar-refractivity contribution in [2.45, 2.75) is 32.8 Å². The SMILES string of the molecule is CCCSCC(=O)NCC(C)(O)c1ccc(C)o1. The molecule has 0 aromatic carbocycles. The van der Waals surface area contributed by atoms with Gasteiger partial charge in [0, 0.05) is 0 Å². The smallest absolute Gasteiger partial charge is 0.230 e. The fourth-order valence-electron chi connectivity index (χ4n) is 1.44. The monoisotopic (exact) mass is 271 g/mol. The van der Waals surface area contributed by atoms with Crippen LogP contribution < -0.4 is 5.32 Å². The maximum atomic E-state index is 11.5. The van der Waals surface area contributed by atoms with Gasteiger partial charge >= 0.3 is 0 Å². The van der Waals surface area contributed by atoms with Crippen molar-refractivity contribution in [3.63, 3.8) is 0 Å². The molecule has 1 aromatic rings. The lowest BCUT2D eigenvalue weighted by atomic mass is 10.0. The van der Waals surface area contributed by atoms with E-state index in [1.54, 1.807) is 30.8 Å². The fraction of sp³-hybridized carbons (Fsp3) is 0.615. The molecular formula is C13H21NO3S. The van der Waals surface area contributed by atoms with Crippen molar-refractivity contribution in [2.75, 3.05) is 18.1 Å². The zero-order chi connectivity index (χ0) is 13.6. The molecule has 0 saturated heterocycles. The quantitative estimate of drug-likeness (QED) is 0.745. The second-order valence-electron chi connectivity index (χ2n) is 4.51. The Hall–Kier alpha value is -0.940. The predicted molar refractivity (Wildman–Crippen MR) is 73.6 cm³/mol. The number of hydrogen-bond donors (Lipinski definition) is 2. The lowest BCUT2D eigenvalue weighted by Gasteiger charge is -2.21. The molecule has 0 aliphatic rings. The summed E-state index contributed by atoms with van der Waals surface area (Å²) in [6, 6.07) is 3.52. The largest absolute Gasteiger partial charge is 0.463 e. The Balaban J connectivity index is 2.39. The van der Waals surface area contributed by atoms with Gasteiger partial charge in [0.25, 0.3) is 0 Å². The highest BCUT2D eigenvalue weighted by molar-refractivity contribution is 7.99. The van der Waals surface area contributed by atoms with Crippen LogP contribution in [-0.2, 0) is 10.4 Å². The van der Waals surface area contributed by atoms with Gasteiger partial charge in [-0.15, -0.1) is 0 Å². The highest BCUT2D eigenvalue weighted by Crippen LogP contribution is 2.21. The summed E-state index contributed by atoms with van der Waals surface area (Å²) in [7, 11) is 0. The van der Waals surface area contributed by atoms with Crippen LogP contribution in [0, 0.1) is 6.92 Å². The van der Waals surface area contributed by atoms with Crippen LogP contribution in [0.15, 0.2) is 16.5 Å². The molecule has 0 aliphatic heterocycles. The minimum Gasteiger partial charge on any atom is -0.463 e. The summed E-state index contributed by atoms with van der Waals surface area (Å²) in [5.41, 5.74) is -1.17. The lowest BCUT2D eigenvalue weighted by molar-refractivity contribution is -0.119. The van der Waals surface area contributed by atoms with E-state index in [0.717, 1.165) is 17.9 Å². The van der Waals surface area contributed by atoms with Gasteiger partial charge in [-0.2, -0.15) is 11.8 Å². The number of furan rings is 1. The van der Waals surface area contributed by atoms with Gasteiger partial charge in [-0.25, -0.2) is 0 Å². The first kappa shape index (κ1) is 15.1. The molecule has 2 N–H and O–H groups in total. The molecule has 1 heterocycles. The predicted octanol–water partition coefficient (Wildman–Crippen LogP) is 2.05. The average molecular weight is 271 g/mol. The number of aryl methyl sites for hydroxylation is 1. The highest BCUT2D eigenvalue weighted by Gasteiger charge is 2.27. The fourth-order valence-corrected chi connectivity index (χ4v) is 2.16. The summed E-state index contributed by atoms with van der Waals surface area (Å²) in [5, 5.41) is 12.9. The van der Waals surface area contributed by atoms with E-state index in [1.165, 1.54) is 0 Å². The average Bonchev–Trinajstić information content (AvgIpc) is 2.75. The van der Waals surface area contributed by atoms with Crippen molar-refractivity contribution in [3.05, 3.63) is 23.7 Å². The first-order valence-electron chi connectivity index (χ1n) is 6.09. The van der Waals surface area contributed by atoms with Gasteiger partial charge in [-0.05, 0) is 38.2 Å². The number of hydrogen-bond acceptors (Lipinski definition) is 4. The van der Waals surface area contributed by atoms with Crippen molar-refractivity contribution in [2.24, 2.45) is 0 Å². The van der Waals surface area contributed by atoms with Crippen molar-refractivity contribution in [3.8, 4) is 0 Å². The normalized spacial score (nSPS) is 14.2. The van der Waals surface area contributed by atoms with Gasteiger partial charge in [-0.1, -0.05) is 6.92 Å². The molecule has 0 fully saturated rings. The number of carbonyl (C=O) groups excluding carboxylic acids is 1. The van der Waals surface area contributed by atoms with E-state index in [1.807, 2.05) is 6.92 Å². The molecule has 5 heteroatoms. The molecule has 102 valence electrons. The van der Waals surface area contributed by atoms with Gasteiger partial charge in [0.15, 0.2) is 0 Å². The summed E-state index contributed by atoms with van der Waals surface area (Å²) in [4.78, 5) is 11.5. The second-order valence-corrected chi connectivity index (χ2v) is 5.62. The van der Waals surface area contributed by atoms with Crippen LogP contribution >= 0.6 is 11.8 Å². The molecule has 1 amide bonds. The van der Waals surface area contributed by atoms with Crippen LogP contribution in [0.2, 0.25) is 0 Å². The second kappa shape index (κ2) is 6.85. The van der Waals surface area contributed by atoms with E-state index < -0.39 is 5.60 Å². The summed E-state index contributed by atoms with van der Waals surface area (Å²) >= 11 is 1.59. The third-order valence-electron chi connectivity index (χ3n) is 2.48. The van der Waals surface area contributed by atoms with Crippen LogP contribution in [0.1, 0.15) is 31.8 Å². The number of nitrogens with one attached hydrogen (secondary N) is 1. The van der Waals surface area contributed by atoms with Gasteiger partial charge in [0.2, 0.25) is 5.91 Å². The number of aliphatic hydroxyl groups is 1. The van der Waals surface area contributed by atoms with Crippen LogP contribution in [0.25, 0.3) is 0 Å². The third kappa shape index (κ3) is 4.74. The molecule has 1 aromatic heterocycles. The summed E-state index contributed by atoms with van der Waals surface area (Å²) in [6.45, 7) is 5.69. The maximum Gasteiger partial charge on any atom is 0.230 e. The molecule has 1 unspecified atom stereocenters. The molecule has 0 aliphatic carbocycles. The first-order valence-corrected chi connectivity index (χ1v) is 7.25. The molecule has 18 heavy (non-hydrogen) atoms. The third-order valence-corrected chi connectivity index (χ3v) is 3.65. The Morgan fingerprint density at radius 1 is 1.56 bits per heavy atom. The van der Waals surface area contributed by atoms with E-state index >= 15 is 0 Å². The van der Waals surface area contributed by atoms with Crippen LogP contribution in [0.5, 0.6) is 0 Å². The van der Waals surface area contributed by atoms with E-state index in [0.29, 0.717) is 11.5 Å². The van der Waals surface area contributed by atoms with E-state index in [4.69, 9.17) is 4.42 Å². The molecule has 0 bridgehead atoms. The minimum absolute atomic E-state index is 0.0583. The van der Waals surface area contributed by atoms with Crippen LogP contribution in [0.3, 0.4) is 0 Å². The maximum absolute atomic E-state index is 11.5. The molecule has 0 saturated carbocycles. The standard InChI is InChI=1S/C13H21NO3S/c1-4-7-18-8-12(15)14-9-13(3,16)11-6-5-10(2)17-11/h5-6,16H,4,7-9H2,1-3H3,(H,14,15). The van der Waals surface area contributed by atoms with Crippen molar-refractivity contribution >= 4 is 17.7 Å². The minimum atomic E-state index is -1.17. The van der Waals surface area contributed by atoms with E-state index in [-0.39, 0.29) is 12.5 Å². The Morgan fingerprint density at radius 2 is 2.28 bits per heavy atom. The molecule has 4 nitrogen and oxygen atoms in total. The van der Waals surface area contributed by atoms with Crippen molar-refractivity contribution < 1.29 is 14.3 Å². The van der Waals surface area contributed by atoms with E-state index in [9.17, 15) is 9.90 Å². The van der Waals surface area contributed by atoms with Crippen LogP contribution in [-0.4, -0.2) is 29.1 Å². The number of thioether (sulfide) groups is 1. The number of amides is 1. The van der Waals surface area contributed by atoms with Gasteiger partial charge in [0.05, 0.1) is 12.3 Å². The van der Waals surface area contributed by atoms with E-state index in [2.05, 4.69) is 12.2 Å². The summed E-state index contributed by atoms with van der Waals surface area (Å²) in [5.74, 6) is 2.57. The van der Waals surface area contributed by atoms with Gasteiger partial charge in [0.1, 0.15) is 17.1 Å². The zero-order valence-electron chi connectivity index (χ0n) is 11.2. The van der Waals surface area contributed by atoms with Crippen molar-refractivity contribution in [1.82, 2.24) is 5.32 Å². The molecule has 0 spiro atoms. The number of carbonyl (C=O) groups is 1. The van der Waals surface area contributed by atoms with Crippen LogP contribution in [0.4, 0.5) is 0 Å². The molecule has 1 atom stereocenters. The molecular weight excluding hydrogens is 250 g/mol. The Bertz CT molecular complexity index is 387. The Kier molecular flexibility index (Phi) is 5.75. The number of rotatable bonds is 7. The highest BCUT2D eigenvalue weighted by atomic mass is 32.2. The van der Waals surface area contributed by atoms with Crippen molar-refractivity contribution in [1.29, 1.82) is 0 Å². The summed E-state index contributed by atoms with van der Waals surface area (Å²) < 4.78 is 5.37. The molecule has 0 radical (unpaired) electrons. The Labute approximate surface area is 112 Å². The van der Waals surface area contributed by atoms with Gasteiger partial charge in [-0.3, -0.25) is 4.79 Å². The lowest BCUT2D eigenvalue weighted by Crippen LogP contribution is -2.39. The van der Waals surface area contributed by atoms with Gasteiger partial charge < -0.3 is 14.8 Å². The zero-order valence-corrected chi connectivity index (χ0v) is 12.0. The summed E-state index contributed by atoms with van der Waals surface area (Å²) in [6.07, 6.45) is 1.06. The Morgan fingerprint density at radius 3 is 2.83 bits per heavy atom.